The molecule has 0 saturated heterocycles. The lowest BCUT2D eigenvalue weighted by Crippen LogP contribution is -2.55. The summed E-state index contributed by atoms with van der Waals surface area (Å²) < 4.78 is 5.69. The smallest absolute Gasteiger partial charge is 0.195 e. The molecule has 6 aromatic rings. The zero-order valence-corrected chi connectivity index (χ0v) is 28.0. The van der Waals surface area contributed by atoms with E-state index in [9.17, 15) is 0 Å². The van der Waals surface area contributed by atoms with Crippen LogP contribution in [-0.2, 0) is 5.41 Å². The monoisotopic (exact) mass is 648 g/mol. The first-order valence-electron chi connectivity index (χ1n) is 17.9. The first kappa shape index (κ1) is 29.3. The van der Waals surface area contributed by atoms with Crippen LogP contribution in [0, 0.1) is 30.2 Å². The Hall–Kier alpha value is -5.60. The van der Waals surface area contributed by atoms with E-state index in [1.165, 1.54) is 48.8 Å². The molecule has 5 nitrogen and oxygen atoms in total. The Kier molecular flexibility index (Phi) is 6.58. The quantitative estimate of drug-likeness (QED) is 0.175. The Morgan fingerprint density at radius 2 is 1.20 bits per heavy atom. The van der Waals surface area contributed by atoms with Crippen LogP contribution in [-0.4, -0.2) is 22.1 Å². The van der Waals surface area contributed by atoms with Gasteiger partial charge in [0.25, 0.3) is 0 Å². The SMILES string of the molecule is [C-]#[N+]c1cccc2c1-c1cc(-c3nc(-c4ccccc4)nc(-c4cccc(-c5ccccc5OC)c4)n3)ccc1C21C2CC3CC(C2)CC1C3. The predicted molar refractivity (Wildman–Crippen MR) is 198 cm³/mol. The van der Waals surface area contributed by atoms with Crippen LogP contribution in [0.15, 0.2) is 115 Å². The van der Waals surface area contributed by atoms with E-state index in [1.54, 1.807) is 7.11 Å². The number of ether oxygens (including phenoxy) is 1. The Morgan fingerprint density at radius 3 is 1.92 bits per heavy atom. The highest BCUT2D eigenvalue weighted by atomic mass is 16.5. The number of para-hydroxylation sites is 1. The van der Waals surface area contributed by atoms with E-state index in [4.69, 9.17) is 26.3 Å². The first-order valence-corrected chi connectivity index (χ1v) is 17.9. The Labute approximate surface area is 292 Å². The molecule has 1 spiro atoms. The van der Waals surface area contributed by atoms with Crippen molar-refractivity contribution in [2.45, 2.75) is 37.5 Å². The molecule has 4 fully saturated rings. The molecule has 4 bridgehead atoms. The normalized spacial score (nSPS) is 23.8. The second-order valence-electron chi connectivity index (χ2n) is 14.7. The fourth-order valence-electron chi connectivity index (χ4n) is 10.5. The van der Waals surface area contributed by atoms with Crippen molar-refractivity contribution >= 4 is 5.69 Å². The summed E-state index contributed by atoms with van der Waals surface area (Å²) in [6, 6.07) is 39.9. The van der Waals surface area contributed by atoms with Gasteiger partial charge in [0.05, 0.1) is 13.7 Å². The lowest BCUT2D eigenvalue weighted by Gasteiger charge is -2.61. The van der Waals surface area contributed by atoms with E-state index in [1.807, 2.05) is 60.7 Å². The minimum absolute atomic E-state index is 0.00425. The van der Waals surface area contributed by atoms with Crippen molar-refractivity contribution in [3.63, 3.8) is 0 Å². The van der Waals surface area contributed by atoms with Crippen molar-refractivity contribution in [2.24, 2.45) is 23.7 Å². The van der Waals surface area contributed by atoms with Crippen LogP contribution in [0.2, 0.25) is 0 Å². The third kappa shape index (κ3) is 4.27. The summed E-state index contributed by atoms with van der Waals surface area (Å²) in [5.41, 5.74) is 10.7. The lowest BCUT2D eigenvalue weighted by molar-refractivity contribution is -0.0399. The van der Waals surface area contributed by atoms with E-state index in [0.29, 0.717) is 29.3 Å². The van der Waals surface area contributed by atoms with Gasteiger partial charge in [-0.2, -0.15) is 0 Å². The molecular weight excluding hydrogens is 613 g/mol. The van der Waals surface area contributed by atoms with E-state index < -0.39 is 0 Å². The average molecular weight is 649 g/mol. The van der Waals surface area contributed by atoms with Crippen LogP contribution in [0.25, 0.3) is 61.3 Å². The van der Waals surface area contributed by atoms with Gasteiger partial charge in [0.15, 0.2) is 23.2 Å². The molecule has 0 amide bonds. The number of methoxy groups -OCH3 is 1. The third-order valence-corrected chi connectivity index (χ3v) is 12.2. The van der Waals surface area contributed by atoms with Gasteiger partial charge in [-0.15, -0.1) is 0 Å². The average Bonchev–Trinajstić information content (AvgIpc) is 3.47. The highest BCUT2D eigenvalue weighted by molar-refractivity contribution is 5.92. The van der Waals surface area contributed by atoms with Gasteiger partial charge in [-0.25, -0.2) is 19.8 Å². The molecule has 4 saturated carbocycles. The molecule has 50 heavy (non-hydrogen) atoms. The number of benzene rings is 5. The third-order valence-electron chi connectivity index (χ3n) is 12.2. The maximum atomic E-state index is 8.21. The molecule has 5 aliphatic rings. The standard InChI is InChI=1S/C45H36N4O/c1-46-39-16-9-15-38-41(39)36-26-32(18-19-37(36)45(38)33-21-27-20-28(23-33)24-34(45)22-27)44-48-42(29-10-4-3-5-11-29)47-43(49-44)31-13-8-12-30(25-31)35-14-6-7-17-40(35)50-2/h3-19,25-28,33-34H,20-24H2,2H3. The zero-order valence-electron chi connectivity index (χ0n) is 28.0. The molecule has 0 aliphatic heterocycles. The van der Waals surface area contributed by atoms with E-state index in [-0.39, 0.29) is 5.41 Å². The van der Waals surface area contributed by atoms with Crippen molar-refractivity contribution in [2.75, 3.05) is 7.11 Å². The number of aromatic nitrogens is 3. The maximum Gasteiger partial charge on any atom is 0.195 e. The summed E-state index contributed by atoms with van der Waals surface area (Å²) in [4.78, 5) is 19.4. The van der Waals surface area contributed by atoms with Crippen LogP contribution >= 0.6 is 0 Å². The van der Waals surface area contributed by atoms with E-state index in [0.717, 1.165) is 56.7 Å². The van der Waals surface area contributed by atoms with Crippen molar-refractivity contribution in [3.05, 3.63) is 138 Å². The Balaban J connectivity index is 1.15. The fraction of sp³-hybridized carbons (Fsp3) is 0.244. The molecule has 1 aromatic heterocycles. The maximum absolute atomic E-state index is 8.21. The molecule has 0 atom stereocenters. The molecule has 0 radical (unpaired) electrons. The lowest BCUT2D eigenvalue weighted by atomic mass is 9.43. The van der Waals surface area contributed by atoms with Gasteiger partial charge in [0.2, 0.25) is 0 Å². The molecular formula is C45H36N4O. The van der Waals surface area contributed by atoms with Gasteiger partial charge in [-0.05, 0) is 102 Å². The summed E-state index contributed by atoms with van der Waals surface area (Å²) >= 11 is 0. The van der Waals surface area contributed by atoms with E-state index in [2.05, 4.69) is 59.4 Å². The molecule has 0 unspecified atom stereocenters. The summed E-state index contributed by atoms with van der Waals surface area (Å²) in [5, 5.41) is 0. The largest absolute Gasteiger partial charge is 0.496 e. The van der Waals surface area contributed by atoms with Crippen molar-refractivity contribution in [3.8, 4) is 62.2 Å². The molecule has 1 heterocycles. The van der Waals surface area contributed by atoms with Gasteiger partial charge in [-0.1, -0.05) is 97.1 Å². The number of hydrogen-bond acceptors (Lipinski definition) is 4. The zero-order chi connectivity index (χ0) is 33.4. The first-order chi connectivity index (χ1) is 24.6. The van der Waals surface area contributed by atoms with Crippen LogP contribution in [0.1, 0.15) is 43.2 Å². The van der Waals surface area contributed by atoms with Crippen molar-refractivity contribution in [1.29, 1.82) is 0 Å². The topological polar surface area (TPSA) is 52.3 Å². The fourth-order valence-corrected chi connectivity index (χ4v) is 10.5. The van der Waals surface area contributed by atoms with Crippen molar-refractivity contribution < 1.29 is 4.74 Å². The summed E-state index contributed by atoms with van der Waals surface area (Å²) in [5.74, 6) is 5.69. The molecule has 242 valence electrons. The minimum Gasteiger partial charge on any atom is -0.496 e. The molecule has 0 N–H and O–H groups in total. The van der Waals surface area contributed by atoms with Gasteiger partial charge in [-0.3, -0.25) is 0 Å². The minimum atomic E-state index is -0.00425. The Morgan fingerprint density at radius 1 is 0.580 bits per heavy atom. The summed E-state index contributed by atoms with van der Waals surface area (Å²) in [7, 11) is 1.70. The summed E-state index contributed by atoms with van der Waals surface area (Å²) in [6.45, 7) is 8.21. The van der Waals surface area contributed by atoms with Gasteiger partial charge in [0, 0.05) is 27.7 Å². The van der Waals surface area contributed by atoms with Crippen LogP contribution in [0.4, 0.5) is 5.69 Å². The number of nitrogens with zero attached hydrogens (tertiary/aromatic N) is 4. The highest BCUT2D eigenvalue weighted by Gasteiger charge is 2.61. The molecule has 5 heteroatoms. The molecule has 5 aromatic carbocycles. The highest BCUT2D eigenvalue weighted by Crippen LogP contribution is 2.70. The van der Waals surface area contributed by atoms with E-state index >= 15 is 0 Å². The predicted octanol–water partition coefficient (Wildman–Crippen LogP) is 10.8. The number of fused-ring (bicyclic) bond motifs is 3. The van der Waals surface area contributed by atoms with Gasteiger partial charge in [0.1, 0.15) is 5.75 Å². The van der Waals surface area contributed by atoms with Crippen molar-refractivity contribution in [1.82, 2.24) is 15.0 Å². The Bertz CT molecular complexity index is 2330. The molecule has 11 rings (SSSR count). The van der Waals surface area contributed by atoms with Gasteiger partial charge >= 0.3 is 0 Å². The van der Waals surface area contributed by atoms with Crippen LogP contribution < -0.4 is 4.74 Å². The number of hydrogen-bond donors (Lipinski definition) is 0. The summed E-state index contributed by atoms with van der Waals surface area (Å²) in [6.07, 6.45) is 6.64. The second-order valence-corrected chi connectivity index (χ2v) is 14.7. The molecule has 5 aliphatic carbocycles. The van der Waals surface area contributed by atoms with Crippen LogP contribution in [0.5, 0.6) is 5.75 Å². The number of rotatable bonds is 5. The van der Waals surface area contributed by atoms with Crippen LogP contribution in [0.3, 0.4) is 0 Å². The second kappa shape index (κ2) is 11.2. The van der Waals surface area contributed by atoms with Gasteiger partial charge < -0.3 is 4.74 Å².